The third kappa shape index (κ3) is 2.23. The van der Waals surface area contributed by atoms with Crippen molar-refractivity contribution in [3.8, 4) is 0 Å². The van der Waals surface area contributed by atoms with Crippen LogP contribution >= 0.6 is 0 Å². The van der Waals surface area contributed by atoms with Crippen molar-refractivity contribution in [2.75, 3.05) is 5.32 Å². The summed E-state index contributed by atoms with van der Waals surface area (Å²) >= 11 is 0. The van der Waals surface area contributed by atoms with Crippen LogP contribution in [0.3, 0.4) is 0 Å². The van der Waals surface area contributed by atoms with Gasteiger partial charge in [-0.2, -0.15) is 5.10 Å². The van der Waals surface area contributed by atoms with E-state index in [4.69, 9.17) is 0 Å². The first-order valence-electron chi connectivity index (χ1n) is 6.65. The van der Waals surface area contributed by atoms with Crippen molar-refractivity contribution >= 4 is 5.82 Å². The molecule has 1 heterocycles. The summed E-state index contributed by atoms with van der Waals surface area (Å²) in [4.78, 5) is 0. The minimum atomic E-state index is 0.662. The lowest BCUT2D eigenvalue weighted by molar-refractivity contribution is 0.550. The van der Waals surface area contributed by atoms with Gasteiger partial charge in [-0.15, -0.1) is 0 Å². The lowest BCUT2D eigenvalue weighted by atomic mass is 10.1. The van der Waals surface area contributed by atoms with E-state index in [1.165, 1.54) is 37.9 Å². The van der Waals surface area contributed by atoms with E-state index in [0.717, 1.165) is 18.4 Å². The minimum Gasteiger partial charge on any atom is -0.367 e. The number of aromatic nitrogens is 2. The molecule has 1 unspecified atom stereocenters. The Balaban J connectivity index is 1.65. The van der Waals surface area contributed by atoms with Crippen LogP contribution in [0.25, 0.3) is 0 Å². The molecule has 0 spiro atoms. The molecule has 2 aliphatic rings. The summed E-state index contributed by atoms with van der Waals surface area (Å²) in [7, 11) is 0. The number of nitrogens with zero attached hydrogens (tertiary/aromatic N) is 2. The minimum absolute atomic E-state index is 0.662. The topological polar surface area (TPSA) is 29.9 Å². The molecule has 16 heavy (non-hydrogen) atoms. The van der Waals surface area contributed by atoms with Gasteiger partial charge in [0.2, 0.25) is 0 Å². The summed E-state index contributed by atoms with van der Waals surface area (Å²) in [5.74, 6) is 3.03. The van der Waals surface area contributed by atoms with Gasteiger partial charge in [0.15, 0.2) is 0 Å². The van der Waals surface area contributed by atoms with Gasteiger partial charge in [-0.1, -0.05) is 6.92 Å². The predicted octanol–water partition coefficient (Wildman–Crippen LogP) is 2.89. The molecule has 0 radical (unpaired) electrons. The van der Waals surface area contributed by atoms with Crippen molar-refractivity contribution in [1.29, 1.82) is 0 Å². The molecule has 1 aromatic heterocycles. The van der Waals surface area contributed by atoms with Gasteiger partial charge in [-0.05, 0) is 43.9 Å². The van der Waals surface area contributed by atoms with Crippen molar-refractivity contribution < 1.29 is 0 Å². The van der Waals surface area contributed by atoms with Crippen molar-refractivity contribution in [2.24, 2.45) is 11.8 Å². The maximum Gasteiger partial charge on any atom is 0.124 e. The molecule has 88 valence electrons. The molecule has 1 aromatic rings. The number of hydrogen-bond acceptors (Lipinski definition) is 2. The Kier molecular flexibility index (Phi) is 2.62. The van der Waals surface area contributed by atoms with Gasteiger partial charge in [0.1, 0.15) is 5.82 Å². The molecular formula is C13H21N3. The first-order chi connectivity index (χ1) is 7.86. The smallest absolute Gasteiger partial charge is 0.124 e. The second-order valence-electron chi connectivity index (χ2n) is 5.34. The van der Waals surface area contributed by atoms with E-state index in [2.05, 4.69) is 28.1 Å². The normalized spacial score (nSPS) is 22.1. The SMILES string of the molecule is CCC(Nc1ccnn1CC1CC1)C1CC1. The summed E-state index contributed by atoms with van der Waals surface area (Å²) < 4.78 is 2.16. The first-order valence-corrected chi connectivity index (χ1v) is 6.65. The zero-order chi connectivity index (χ0) is 11.0. The highest BCUT2D eigenvalue weighted by atomic mass is 15.3. The largest absolute Gasteiger partial charge is 0.367 e. The average molecular weight is 219 g/mol. The lowest BCUT2D eigenvalue weighted by Crippen LogP contribution is -2.23. The Labute approximate surface area is 97.2 Å². The van der Waals surface area contributed by atoms with Crippen LogP contribution in [0.2, 0.25) is 0 Å². The molecule has 2 fully saturated rings. The molecule has 1 N–H and O–H groups in total. The number of anilines is 1. The van der Waals surface area contributed by atoms with Gasteiger partial charge in [-0.25, -0.2) is 4.68 Å². The Morgan fingerprint density at radius 1 is 1.44 bits per heavy atom. The van der Waals surface area contributed by atoms with Gasteiger partial charge in [0.05, 0.1) is 6.20 Å². The molecule has 0 amide bonds. The lowest BCUT2D eigenvalue weighted by Gasteiger charge is -2.18. The Morgan fingerprint density at radius 3 is 2.88 bits per heavy atom. The van der Waals surface area contributed by atoms with E-state index >= 15 is 0 Å². The fourth-order valence-electron chi connectivity index (χ4n) is 2.39. The molecule has 1 atom stereocenters. The Hall–Kier alpha value is -0.990. The van der Waals surface area contributed by atoms with Crippen molar-refractivity contribution in [1.82, 2.24) is 9.78 Å². The molecule has 2 aliphatic carbocycles. The fraction of sp³-hybridized carbons (Fsp3) is 0.769. The van der Waals surface area contributed by atoms with Gasteiger partial charge in [0.25, 0.3) is 0 Å². The molecule has 0 aliphatic heterocycles. The molecule has 0 bridgehead atoms. The van der Waals surface area contributed by atoms with E-state index in [0.29, 0.717) is 6.04 Å². The van der Waals surface area contributed by atoms with Crippen LogP contribution in [0.1, 0.15) is 39.0 Å². The third-order valence-electron chi connectivity index (χ3n) is 3.81. The maximum atomic E-state index is 4.42. The van der Waals surface area contributed by atoms with Crippen LogP contribution in [0, 0.1) is 11.8 Å². The summed E-state index contributed by atoms with van der Waals surface area (Å²) in [6.45, 7) is 3.38. The summed E-state index contributed by atoms with van der Waals surface area (Å²) in [5.41, 5.74) is 0. The number of rotatable bonds is 6. The molecule has 2 saturated carbocycles. The van der Waals surface area contributed by atoms with Crippen LogP contribution in [0.4, 0.5) is 5.82 Å². The van der Waals surface area contributed by atoms with Crippen LogP contribution in [-0.4, -0.2) is 15.8 Å². The predicted molar refractivity (Wildman–Crippen MR) is 65.4 cm³/mol. The molecule has 0 aromatic carbocycles. The average Bonchev–Trinajstić information content (AvgIpc) is 3.16. The zero-order valence-electron chi connectivity index (χ0n) is 10.0. The maximum absolute atomic E-state index is 4.42. The highest BCUT2D eigenvalue weighted by Gasteiger charge is 2.30. The van der Waals surface area contributed by atoms with E-state index in [1.807, 2.05) is 6.20 Å². The van der Waals surface area contributed by atoms with Gasteiger partial charge >= 0.3 is 0 Å². The second-order valence-corrected chi connectivity index (χ2v) is 5.34. The summed E-state index contributed by atoms with van der Waals surface area (Å²) in [6.07, 6.45) is 8.73. The van der Waals surface area contributed by atoms with Gasteiger partial charge in [-0.3, -0.25) is 0 Å². The highest BCUT2D eigenvalue weighted by molar-refractivity contribution is 5.36. The quantitative estimate of drug-likeness (QED) is 0.797. The highest BCUT2D eigenvalue weighted by Crippen LogP contribution is 2.36. The van der Waals surface area contributed by atoms with Crippen molar-refractivity contribution in [3.63, 3.8) is 0 Å². The van der Waals surface area contributed by atoms with Crippen LogP contribution < -0.4 is 5.32 Å². The number of hydrogen-bond donors (Lipinski definition) is 1. The summed E-state index contributed by atoms with van der Waals surface area (Å²) in [5, 5.41) is 8.09. The molecule has 3 heteroatoms. The van der Waals surface area contributed by atoms with E-state index in [1.54, 1.807) is 0 Å². The van der Waals surface area contributed by atoms with Crippen LogP contribution in [-0.2, 0) is 6.54 Å². The summed E-state index contributed by atoms with van der Waals surface area (Å²) in [6, 6.07) is 2.78. The fourth-order valence-corrected chi connectivity index (χ4v) is 2.39. The van der Waals surface area contributed by atoms with Gasteiger partial charge < -0.3 is 5.32 Å². The third-order valence-corrected chi connectivity index (χ3v) is 3.81. The van der Waals surface area contributed by atoms with E-state index in [9.17, 15) is 0 Å². The van der Waals surface area contributed by atoms with Crippen molar-refractivity contribution in [3.05, 3.63) is 12.3 Å². The molecular weight excluding hydrogens is 198 g/mol. The number of nitrogens with one attached hydrogen (secondary N) is 1. The van der Waals surface area contributed by atoms with Gasteiger partial charge in [0, 0.05) is 18.7 Å². The van der Waals surface area contributed by atoms with Crippen LogP contribution in [0.5, 0.6) is 0 Å². The Bertz CT molecular complexity index is 350. The second kappa shape index (κ2) is 4.11. The van der Waals surface area contributed by atoms with E-state index in [-0.39, 0.29) is 0 Å². The first kappa shape index (κ1) is 10.2. The standard InChI is InChI=1S/C13H21N3/c1-2-12(11-5-6-11)15-13-7-8-14-16(13)9-10-3-4-10/h7-8,10-12,15H,2-6,9H2,1H3. The monoisotopic (exact) mass is 219 g/mol. The van der Waals surface area contributed by atoms with Crippen LogP contribution in [0.15, 0.2) is 12.3 Å². The molecule has 3 nitrogen and oxygen atoms in total. The molecule has 3 rings (SSSR count). The molecule has 0 saturated heterocycles. The Morgan fingerprint density at radius 2 is 2.25 bits per heavy atom. The zero-order valence-corrected chi connectivity index (χ0v) is 10.0. The van der Waals surface area contributed by atoms with E-state index < -0.39 is 0 Å². The van der Waals surface area contributed by atoms with Crippen molar-refractivity contribution in [2.45, 2.75) is 51.6 Å².